The molecule has 0 N–H and O–H groups in total. The first-order valence-electron chi connectivity index (χ1n) is 12.2. The lowest BCUT2D eigenvalue weighted by molar-refractivity contribution is -0.111. The summed E-state index contributed by atoms with van der Waals surface area (Å²) in [6.07, 6.45) is 10.0. The summed E-state index contributed by atoms with van der Waals surface area (Å²) in [5, 5.41) is 1.19. The van der Waals surface area contributed by atoms with E-state index >= 15 is 0 Å². The highest BCUT2D eigenvalue weighted by atomic mass is 32.2. The molecule has 34 heavy (non-hydrogen) atoms. The zero-order valence-electron chi connectivity index (χ0n) is 20.5. The molecular weight excluding hydrogens is 436 g/mol. The molecule has 1 aliphatic carbocycles. The molecule has 0 radical (unpaired) electrons. The largest absolute Gasteiger partial charge is 0.344 e. The average molecular weight is 469 g/mol. The van der Waals surface area contributed by atoms with Crippen LogP contribution in [0.5, 0.6) is 0 Å². The van der Waals surface area contributed by atoms with E-state index in [1.165, 1.54) is 32.6 Å². The zero-order valence-corrected chi connectivity index (χ0v) is 21.3. The third-order valence-electron chi connectivity index (χ3n) is 7.18. The Morgan fingerprint density at radius 3 is 2.15 bits per heavy atom. The number of hydrogen-bond acceptors (Lipinski definition) is 4. The number of carbonyl (C=O) groups excluding carboxylic acids is 1. The number of carbonyl (C=O) groups is 1. The van der Waals surface area contributed by atoms with Crippen molar-refractivity contribution in [3.63, 3.8) is 0 Å². The van der Waals surface area contributed by atoms with E-state index in [1.54, 1.807) is 11.8 Å². The van der Waals surface area contributed by atoms with E-state index in [0.717, 1.165) is 37.1 Å². The minimum absolute atomic E-state index is 0.0767. The predicted molar refractivity (Wildman–Crippen MR) is 144 cm³/mol. The quantitative estimate of drug-likeness (QED) is 0.437. The molecule has 2 aliphatic heterocycles. The van der Waals surface area contributed by atoms with Crippen LogP contribution in [0.25, 0.3) is 0 Å². The monoisotopic (exact) mass is 468 g/mol. The van der Waals surface area contributed by atoms with Crippen LogP contribution in [0, 0.1) is 0 Å². The smallest absolute Gasteiger partial charge is 0.185 e. The number of hydrogen-bond donors (Lipinski definition) is 0. The molecule has 2 aromatic rings. The molecule has 0 saturated heterocycles. The zero-order chi connectivity index (χ0) is 23.9. The van der Waals surface area contributed by atoms with Crippen molar-refractivity contribution in [2.24, 2.45) is 0 Å². The van der Waals surface area contributed by atoms with E-state index in [1.807, 2.05) is 6.08 Å². The van der Waals surface area contributed by atoms with Gasteiger partial charge in [0, 0.05) is 45.9 Å². The molecule has 4 heteroatoms. The van der Waals surface area contributed by atoms with Crippen LogP contribution in [-0.2, 0) is 10.2 Å². The van der Waals surface area contributed by atoms with Gasteiger partial charge in [-0.25, -0.2) is 0 Å². The van der Waals surface area contributed by atoms with Crippen LogP contribution < -0.4 is 9.80 Å². The minimum atomic E-state index is -0.0767. The lowest BCUT2D eigenvalue weighted by Crippen LogP contribution is -2.25. The molecule has 0 amide bonds. The molecular formula is C30H32N2OS. The molecule has 174 valence electrons. The Hall–Kier alpha value is -2.98. The average Bonchev–Trinajstić information content (AvgIpc) is 3.45. The van der Waals surface area contributed by atoms with Gasteiger partial charge in [0.15, 0.2) is 5.78 Å². The number of allylic oxidation sites excluding steroid dienone is 7. The fourth-order valence-corrected chi connectivity index (χ4v) is 6.49. The standard InChI is InChI=1S/C30H32N2OS/c1-5-31-24-12-8-7-11-23(24)30(3,4)27(31)19-17-21-15-16-22(29(21)33)18-20-28-32(6-2)25-13-9-10-14-26(25)34-28/h7-14,17-20H,5-6,15-16H2,1-4H3/b21-17+,22-18+,27-19+,28-20-. The van der Waals surface area contributed by atoms with Crippen molar-refractivity contribution in [3.05, 3.63) is 100 Å². The van der Waals surface area contributed by atoms with E-state index < -0.39 is 0 Å². The number of thioether (sulfide) groups is 1. The SMILES string of the molecule is CCN1/C(=C/C=C2\CC/C(=C\C=C3\N(CC)c4ccccc4C3(C)C)C2=O)Sc2ccccc21. The van der Waals surface area contributed by atoms with Crippen molar-refractivity contribution in [1.82, 2.24) is 0 Å². The Morgan fingerprint density at radius 1 is 0.824 bits per heavy atom. The maximum atomic E-state index is 13.2. The van der Waals surface area contributed by atoms with E-state index in [2.05, 4.69) is 104 Å². The maximum absolute atomic E-state index is 13.2. The molecule has 0 aromatic heterocycles. The third-order valence-corrected chi connectivity index (χ3v) is 8.32. The van der Waals surface area contributed by atoms with Gasteiger partial charge in [-0.1, -0.05) is 68.1 Å². The lowest BCUT2D eigenvalue weighted by atomic mass is 9.83. The van der Waals surface area contributed by atoms with E-state index in [4.69, 9.17) is 0 Å². The Morgan fingerprint density at radius 2 is 1.44 bits per heavy atom. The fraction of sp³-hybridized carbons (Fsp3) is 0.300. The van der Waals surface area contributed by atoms with Crippen molar-refractivity contribution in [2.45, 2.75) is 50.8 Å². The molecule has 0 atom stereocenters. The summed E-state index contributed by atoms with van der Waals surface area (Å²) in [5.74, 6) is 0.189. The Labute approximate surface area is 207 Å². The summed E-state index contributed by atoms with van der Waals surface area (Å²) in [6.45, 7) is 10.7. The highest BCUT2D eigenvalue weighted by Crippen LogP contribution is 2.48. The van der Waals surface area contributed by atoms with E-state index in [0.29, 0.717) is 0 Å². The first-order valence-corrected chi connectivity index (χ1v) is 13.1. The third kappa shape index (κ3) is 3.74. The van der Waals surface area contributed by atoms with E-state index in [-0.39, 0.29) is 11.2 Å². The van der Waals surface area contributed by atoms with Gasteiger partial charge in [-0.3, -0.25) is 4.79 Å². The molecule has 3 nitrogen and oxygen atoms in total. The van der Waals surface area contributed by atoms with Gasteiger partial charge in [-0.05, 0) is 62.6 Å². The van der Waals surface area contributed by atoms with Gasteiger partial charge < -0.3 is 9.80 Å². The van der Waals surface area contributed by atoms with Gasteiger partial charge in [0.05, 0.1) is 10.7 Å². The van der Waals surface area contributed by atoms with Gasteiger partial charge in [-0.15, -0.1) is 0 Å². The number of benzene rings is 2. The van der Waals surface area contributed by atoms with Crippen LogP contribution in [0.2, 0.25) is 0 Å². The van der Waals surface area contributed by atoms with Crippen molar-refractivity contribution >= 4 is 28.9 Å². The Kier molecular flexibility index (Phi) is 6.03. The van der Waals surface area contributed by atoms with Crippen molar-refractivity contribution in [2.75, 3.05) is 22.9 Å². The molecule has 2 heterocycles. The van der Waals surface area contributed by atoms with Crippen molar-refractivity contribution in [3.8, 4) is 0 Å². The molecule has 0 spiro atoms. The number of nitrogens with zero attached hydrogens (tertiary/aromatic N) is 2. The topological polar surface area (TPSA) is 23.6 Å². The summed E-state index contributed by atoms with van der Waals surface area (Å²) < 4.78 is 0. The van der Waals surface area contributed by atoms with Crippen LogP contribution in [0.15, 0.2) is 99.6 Å². The summed E-state index contributed by atoms with van der Waals surface area (Å²) in [7, 11) is 0. The van der Waals surface area contributed by atoms with Gasteiger partial charge in [0.2, 0.25) is 0 Å². The summed E-state index contributed by atoms with van der Waals surface area (Å²) in [5.41, 5.74) is 6.88. The number of Topliss-reactive ketones (excluding diaryl/α,β-unsaturated/α-hetero) is 1. The maximum Gasteiger partial charge on any atom is 0.185 e. The number of rotatable bonds is 4. The van der Waals surface area contributed by atoms with Gasteiger partial charge in [-0.2, -0.15) is 0 Å². The molecule has 1 fully saturated rings. The summed E-state index contributed by atoms with van der Waals surface area (Å²) in [4.78, 5) is 19.2. The second-order valence-electron chi connectivity index (χ2n) is 9.47. The molecule has 0 unspecified atom stereocenters. The molecule has 0 bridgehead atoms. The molecule has 5 rings (SSSR count). The number of para-hydroxylation sites is 2. The molecule has 3 aliphatic rings. The number of anilines is 2. The highest BCUT2D eigenvalue weighted by molar-refractivity contribution is 8.03. The first kappa shape index (κ1) is 22.8. The number of fused-ring (bicyclic) bond motifs is 2. The van der Waals surface area contributed by atoms with Crippen molar-refractivity contribution in [1.29, 1.82) is 0 Å². The second kappa shape index (κ2) is 8.99. The van der Waals surface area contributed by atoms with E-state index in [9.17, 15) is 4.79 Å². The van der Waals surface area contributed by atoms with Gasteiger partial charge >= 0.3 is 0 Å². The second-order valence-corrected chi connectivity index (χ2v) is 10.5. The highest BCUT2D eigenvalue weighted by Gasteiger charge is 2.39. The van der Waals surface area contributed by atoms with Crippen molar-refractivity contribution < 1.29 is 4.79 Å². The summed E-state index contributed by atoms with van der Waals surface area (Å²) in [6, 6.07) is 17.1. The van der Waals surface area contributed by atoms with Gasteiger partial charge in [0.25, 0.3) is 0 Å². The van der Waals surface area contributed by atoms with Crippen LogP contribution in [0.1, 0.15) is 46.1 Å². The number of ketones is 1. The van der Waals surface area contributed by atoms with Gasteiger partial charge in [0.1, 0.15) is 0 Å². The van der Waals surface area contributed by atoms with Crippen LogP contribution in [-0.4, -0.2) is 18.9 Å². The number of likely N-dealkylation sites (N-methyl/N-ethyl adjacent to an activating group) is 1. The van der Waals surface area contributed by atoms with Crippen LogP contribution in [0.3, 0.4) is 0 Å². The normalized spacial score (nSPS) is 23.6. The first-order chi connectivity index (χ1) is 16.5. The van der Waals surface area contributed by atoms with Crippen LogP contribution in [0.4, 0.5) is 11.4 Å². The minimum Gasteiger partial charge on any atom is -0.344 e. The molecule has 2 aromatic carbocycles. The molecule has 1 saturated carbocycles. The predicted octanol–water partition coefficient (Wildman–Crippen LogP) is 7.38. The fourth-order valence-electron chi connectivity index (χ4n) is 5.36. The Bertz CT molecular complexity index is 1260. The Balaban J connectivity index is 1.39. The van der Waals surface area contributed by atoms with Crippen LogP contribution >= 0.6 is 11.8 Å². The lowest BCUT2D eigenvalue weighted by Gasteiger charge is -2.25. The summed E-state index contributed by atoms with van der Waals surface area (Å²) >= 11 is 1.78.